The van der Waals surface area contributed by atoms with Crippen molar-refractivity contribution in [2.45, 2.75) is 19.3 Å². The van der Waals surface area contributed by atoms with Crippen molar-refractivity contribution in [2.24, 2.45) is 5.92 Å². The van der Waals surface area contributed by atoms with Gasteiger partial charge in [0, 0.05) is 6.07 Å². The summed E-state index contributed by atoms with van der Waals surface area (Å²) in [6.07, 6.45) is 3.28. The van der Waals surface area contributed by atoms with Gasteiger partial charge in [0.05, 0.1) is 22.6 Å². The predicted octanol–water partition coefficient (Wildman–Crippen LogP) is 3.02. The Kier molecular flexibility index (Phi) is 4.99. The van der Waals surface area contributed by atoms with Gasteiger partial charge in [-0.2, -0.15) is 0 Å². The van der Waals surface area contributed by atoms with Crippen molar-refractivity contribution in [1.29, 1.82) is 0 Å². The van der Waals surface area contributed by atoms with Crippen LogP contribution in [0.2, 0.25) is 5.02 Å². The number of nitro benzene ring substituents is 1. The number of benzene rings is 1. The zero-order chi connectivity index (χ0) is 13.7. The van der Waals surface area contributed by atoms with E-state index in [4.69, 9.17) is 16.3 Å². The van der Waals surface area contributed by atoms with Crippen LogP contribution in [-0.4, -0.2) is 24.6 Å². The number of hydrogen-bond donors (Lipinski definition) is 1. The first-order chi connectivity index (χ1) is 9.16. The molecular formula is C13H17ClN2O3. The molecule has 1 N–H and O–H groups in total. The Balaban J connectivity index is 1.87. The first-order valence-electron chi connectivity index (χ1n) is 6.44. The largest absolute Gasteiger partial charge is 0.492 e. The van der Waals surface area contributed by atoms with E-state index in [1.54, 1.807) is 0 Å². The highest BCUT2D eigenvalue weighted by molar-refractivity contribution is 6.32. The van der Waals surface area contributed by atoms with E-state index in [0.29, 0.717) is 23.3 Å². The molecule has 2 rings (SSSR count). The molecule has 1 aliphatic rings. The molecule has 5 nitrogen and oxygen atoms in total. The van der Waals surface area contributed by atoms with Gasteiger partial charge in [0.1, 0.15) is 5.75 Å². The van der Waals surface area contributed by atoms with E-state index >= 15 is 0 Å². The molecule has 0 aliphatic carbocycles. The summed E-state index contributed by atoms with van der Waals surface area (Å²) in [5.74, 6) is 1.06. The van der Waals surface area contributed by atoms with Gasteiger partial charge in [-0.25, -0.2) is 0 Å². The molecular weight excluding hydrogens is 268 g/mol. The molecule has 0 radical (unpaired) electrons. The van der Waals surface area contributed by atoms with Gasteiger partial charge >= 0.3 is 0 Å². The Morgan fingerprint density at radius 2 is 2.16 bits per heavy atom. The third-order valence-corrected chi connectivity index (χ3v) is 3.68. The van der Waals surface area contributed by atoms with Crippen molar-refractivity contribution in [3.05, 3.63) is 33.3 Å². The lowest BCUT2D eigenvalue weighted by atomic mass is 9.95. The van der Waals surface area contributed by atoms with Crippen LogP contribution in [-0.2, 0) is 0 Å². The number of hydrogen-bond acceptors (Lipinski definition) is 4. The lowest BCUT2D eigenvalue weighted by Crippen LogP contribution is -2.28. The molecule has 6 heteroatoms. The SMILES string of the molecule is O=[N+]([O-])c1ccc(Cl)c(OCCC2CCNCC2)c1. The molecule has 1 aromatic carbocycles. The fraction of sp³-hybridized carbons (Fsp3) is 0.538. The molecule has 0 spiro atoms. The number of nitro groups is 1. The minimum atomic E-state index is -0.448. The monoisotopic (exact) mass is 284 g/mol. The minimum absolute atomic E-state index is 0.00117. The number of non-ortho nitro benzene ring substituents is 1. The Morgan fingerprint density at radius 1 is 1.42 bits per heavy atom. The number of nitrogens with one attached hydrogen (secondary N) is 1. The summed E-state index contributed by atoms with van der Waals surface area (Å²) in [4.78, 5) is 10.2. The smallest absolute Gasteiger partial charge is 0.273 e. The summed E-state index contributed by atoms with van der Waals surface area (Å²) in [6.45, 7) is 2.66. The van der Waals surface area contributed by atoms with E-state index in [0.717, 1.165) is 32.4 Å². The second-order valence-electron chi connectivity index (χ2n) is 4.70. The van der Waals surface area contributed by atoms with Crippen LogP contribution in [0.15, 0.2) is 18.2 Å². The molecule has 0 saturated carbocycles. The minimum Gasteiger partial charge on any atom is -0.492 e. The Hall–Kier alpha value is -1.33. The third-order valence-electron chi connectivity index (χ3n) is 3.37. The fourth-order valence-corrected chi connectivity index (χ4v) is 2.39. The number of ether oxygens (including phenoxy) is 1. The van der Waals surface area contributed by atoms with Crippen molar-refractivity contribution in [1.82, 2.24) is 5.32 Å². The molecule has 0 bridgehead atoms. The van der Waals surface area contributed by atoms with E-state index in [1.807, 2.05) is 0 Å². The molecule has 1 fully saturated rings. The van der Waals surface area contributed by atoms with E-state index in [9.17, 15) is 10.1 Å². The molecule has 19 heavy (non-hydrogen) atoms. The molecule has 0 amide bonds. The summed E-state index contributed by atoms with van der Waals surface area (Å²) in [5, 5.41) is 14.4. The number of piperidine rings is 1. The van der Waals surface area contributed by atoms with Crippen molar-refractivity contribution in [2.75, 3.05) is 19.7 Å². The second-order valence-corrected chi connectivity index (χ2v) is 5.11. The highest BCUT2D eigenvalue weighted by Crippen LogP contribution is 2.29. The highest BCUT2D eigenvalue weighted by Gasteiger charge is 2.14. The van der Waals surface area contributed by atoms with Crippen LogP contribution in [0.25, 0.3) is 0 Å². The van der Waals surface area contributed by atoms with Gasteiger partial charge < -0.3 is 10.1 Å². The van der Waals surface area contributed by atoms with Gasteiger partial charge in [-0.1, -0.05) is 11.6 Å². The van der Waals surface area contributed by atoms with Crippen LogP contribution < -0.4 is 10.1 Å². The molecule has 1 aliphatic heterocycles. The molecule has 1 aromatic rings. The molecule has 0 aromatic heterocycles. The average molecular weight is 285 g/mol. The Bertz CT molecular complexity index is 448. The number of halogens is 1. The number of rotatable bonds is 5. The van der Waals surface area contributed by atoms with Crippen molar-refractivity contribution in [3.63, 3.8) is 0 Å². The highest BCUT2D eigenvalue weighted by atomic mass is 35.5. The molecule has 0 unspecified atom stereocenters. The quantitative estimate of drug-likeness (QED) is 0.667. The summed E-state index contributed by atoms with van der Waals surface area (Å²) < 4.78 is 5.57. The van der Waals surface area contributed by atoms with Gasteiger partial charge in [-0.15, -0.1) is 0 Å². The third kappa shape index (κ3) is 4.08. The van der Waals surface area contributed by atoms with Gasteiger partial charge in [0.2, 0.25) is 0 Å². The van der Waals surface area contributed by atoms with Gasteiger partial charge in [-0.3, -0.25) is 10.1 Å². The fourth-order valence-electron chi connectivity index (χ4n) is 2.22. The standard InChI is InChI=1S/C13H17ClN2O3/c14-12-2-1-11(16(17)18)9-13(12)19-8-5-10-3-6-15-7-4-10/h1-2,9-10,15H,3-8H2. The predicted molar refractivity (Wildman–Crippen MR) is 73.8 cm³/mol. The summed E-state index contributed by atoms with van der Waals surface area (Å²) in [5.41, 5.74) is 0.00117. The van der Waals surface area contributed by atoms with E-state index in [-0.39, 0.29) is 5.69 Å². The van der Waals surface area contributed by atoms with Crippen LogP contribution >= 0.6 is 11.6 Å². The topological polar surface area (TPSA) is 64.4 Å². The first kappa shape index (κ1) is 14.1. The van der Waals surface area contributed by atoms with Crippen LogP contribution in [0.3, 0.4) is 0 Å². The second kappa shape index (κ2) is 6.73. The summed E-state index contributed by atoms with van der Waals surface area (Å²) in [7, 11) is 0. The van der Waals surface area contributed by atoms with Crippen LogP contribution in [0.1, 0.15) is 19.3 Å². The lowest BCUT2D eigenvalue weighted by Gasteiger charge is -2.22. The van der Waals surface area contributed by atoms with E-state index < -0.39 is 4.92 Å². The van der Waals surface area contributed by atoms with Crippen LogP contribution in [0.4, 0.5) is 5.69 Å². The average Bonchev–Trinajstić information content (AvgIpc) is 2.42. The zero-order valence-electron chi connectivity index (χ0n) is 10.6. The van der Waals surface area contributed by atoms with E-state index in [1.165, 1.54) is 18.2 Å². The van der Waals surface area contributed by atoms with Crippen molar-refractivity contribution in [3.8, 4) is 5.75 Å². The lowest BCUT2D eigenvalue weighted by molar-refractivity contribution is -0.384. The Morgan fingerprint density at radius 3 is 2.84 bits per heavy atom. The number of nitrogens with zero attached hydrogens (tertiary/aromatic N) is 1. The van der Waals surface area contributed by atoms with Gasteiger partial charge in [-0.05, 0) is 44.3 Å². The maximum atomic E-state index is 10.7. The van der Waals surface area contributed by atoms with Gasteiger partial charge in [0.15, 0.2) is 0 Å². The van der Waals surface area contributed by atoms with E-state index in [2.05, 4.69) is 5.32 Å². The van der Waals surface area contributed by atoms with Gasteiger partial charge in [0.25, 0.3) is 5.69 Å². The maximum absolute atomic E-state index is 10.7. The molecule has 0 atom stereocenters. The maximum Gasteiger partial charge on any atom is 0.273 e. The van der Waals surface area contributed by atoms with Crippen molar-refractivity contribution >= 4 is 17.3 Å². The molecule has 1 saturated heterocycles. The van der Waals surface area contributed by atoms with Crippen molar-refractivity contribution < 1.29 is 9.66 Å². The Labute approximate surface area is 117 Å². The molecule has 1 heterocycles. The molecule has 104 valence electrons. The summed E-state index contributed by atoms with van der Waals surface area (Å²) >= 11 is 5.96. The normalized spacial score (nSPS) is 16.3. The van der Waals surface area contributed by atoms with Crippen LogP contribution in [0.5, 0.6) is 5.75 Å². The zero-order valence-corrected chi connectivity index (χ0v) is 11.4. The first-order valence-corrected chi connectivity index (χ1v) is 6.82. The summed E-state index contributed by atoms with van der Waals surface area (Å²) in [6, 6.07) is 4.26. The van der Waals surface area contributed by atoms with Crippen LogP contribution in [0, 0.1) is 16.0 Å².